The number of rotatable bonds is 6. The first-order valence-corrected chi connectivity index (χ1v) is 12.5. The van der Waals surface area contributed by atoms with Gasteiger partial charge in [0.25, 0.3) is 0 Å². The van der Waals surface area contributed by atoms with E-state index in [4.69, 9.17) is 9.15 Å². The lowest BCUT2D eigenvalue weighted by Gasteiger charge is -2.32. The summed E-state index contributed by atoms with van der Waals surface area (Å²) in [4.78, 5) is 14.9. The van der Waals surface area contributed by atoms with Crippen molar-refractivity contribution >= 4 is 10.0 Å². The fourth-order valence-electron chi connectivity index (χ4n) is 4.51. The fraction of sp³-hybridized carbons (Fsp3) is 0.522. The second-order valence-corrected chi connectivity index (χ2v) is 11.0. The van der Waals surface area contributed by atoms with Crippen LogP contribution in [0, 0.1) is 5.92 Å². The highest BCUT2D eigenvalue weighted by Crippen LogP contribution is 2.39. The third-order valence-corrected chi connectivity index (χ3v) is 7.85. The Morgan fingerprint density at radius 3 is 2.55 bits per heavy atom. The van der Waals surface area contributed by atoms with Crippen LogP contribution in [0.4, 0.5) is 0 Å². The molecule has 31 heavy (non-hydrogen) atoms. The molecule has 0 bridgehead atoms. The SMILES string of the molecule is CC1(C)c2ccccc2CN1Cc1cc(=O)c(OCC2CCN(S(C)(=O)=O)CC2)co1. The molecule has 0 radical (unpaired) electrons. The highest BCUT2D eigenvalue weighted by molar-refractivity contribution is 7.88. The summed E-state index contributed by atoms with van der Waals surface area (Å²) in [6.07, 6.45) is 4.08. The van der Waals surface area contributed by atoms with Crippen LogP contribution in [-0.2, 0) is 28.7 Å². The van der Waals surface area contributed by atoms with E-state index in [0.717, 1.165) is 19.4 Å². The lowest BCUT2D eigenvalue weighted by molar-refractivity contribution is 0.115. The molecule has 2 aliphatic rings. The van der Waals surface area contributed by atoms with Gasteiger partial charge < -0.3 is 9.15 Å². The zero-order chi connectivity index (χ0) is 22.2. The highest BCUT2D eigenvalue weighted by atomic mass is 32.2. The van der Waals surface area contributed by atoms with Gasteiger partial charge in [-0.3, -0.25) is 9.69 Å². The molecule has 0 saturated carbocycles. The van der Waals surface area contributed by atoms with Crippen LogP contribution in [0.25, 0.3) is 0 Å². The molecule has 1 aromatic heterocycles. The maximum Gasteiger partial charge on any atom is 0.227 e. The third-order valence-electron chi connectivity index (χ3n) is 6.54. The highest BCUT2D eigenvalue weighted by Gasteiger charge is 2.37. The molecule has 1 aromatic carbocycles. The summed E-state index contributed by atoms with van der Waals surface area (Å²) in [5.74, 6) is 1.04. The molecule has 4 rings (SSSR count). The maximum absolute atomic E-state index is 12.6. The first kappa shape index (κ1) is 22.0. The number of ether oxygens (including phenoxy) is 1. The molecule has 2 aromatic rings. The minimum absolute atomic E-state index is 0.134. The largest absolute Gasteiger partial charge is 0.486 e. The molecule has 3 heterocycles. The van der Waals surface area contributed by atoms with Crippen LogP contribution in [0.5, 0.6) is 5.75 Å². The first-order chi connectivity index (χ1) is 14.6. The van der Waals surface area contributed by atoms with E-state index in [1.54, 1.807) is 0 Å². The molecule has 0 amide bonds. The summed E-state index contributed by atoms with van der Waals surface area (Å²) >= 11 is 0. The standard InChI is InChI=1S/C23H30N2O5S/c1-23(2)20-7-5-4-6-18(20)13-24(23)14-19-12-21(26)22(16-29-19)30-15-17-8-10-25(11-9-17)31(3,27)28/h4-7,12,16-17H,8-11,13-15H2,1-3H3. The van der Waals surface area contributed by atoms with E-state index in [1.807, 2.05) is 0 Å². The first-order valence-electron chi connectivity index (χ1n) is 10.7. The second kappa shape index (κ2) is 8.41. The lowest BCUT2D eigenvalue weighted by Crippen LogP contribution is -2.39. The van der Waals surface area contributed by atoms with Gasteiger partial charge in [0, 0.05) is 31.2 Å². The molecular formula is C23H30N2O5S. The monoisotopic (exact) mass is 446 g/mol. The van der Waals surface area contributed by atoms with Crippen molar-refractivity contribution in [3.8, 4) is 5.75 Å². The Hall–Kier alpha value is -2.16. The average Bonchev–Trinajstić information content (AvgIpc) is 2.97. The van der Waals surface area contributed by atoms with Gasteiger partial charge in [-0.15, -0.1) is 0 Å². The number of hydrogen-bond donors (Lipinski definition) is 0. The third kappa shape index (κ3) is 4.71. The Labute approximate surface area is 183 Å². The molecule has 1 saturated heterocycles. The van der Waals surface area contributed by atoms with E-state index >= 15 is 0 Å². The van der Waals surface area contributed by atoms with Crippen molar-refractivity contribution < 1.29 is 17.6 Å². The molecule has 168 valence electrons. The summed E-state index contributed by atoms with van der Waals surface area (Å²) in [5, 5.41) is 0. The van der Waals surface area contributed by atoms with Gasteiger partial charge >= 0.3 is 0 Å². The van der Waals surface area contributed by atoms with Gasteiger partial charge in [-0.2, -0.15) is 0 Å². The minimum atomic E-state index is -3.14. The van der Waals surface area contributed by atoms with Crippen molar-refractivity contribution in [2.45, 2.75) is 45.3 Å². The molecule has 0 N–H and O–H groups in total. The van der Waals surface area contributed by atoms with Crippen LogP contribution in [-0.4, -0.2) is 43.6 Å². The predicted octanol–water partition coefficient (Wildman–Crippen LogP) is 2.94. The summed E-state index contributed by atoms with van der Waals surface area (Å²) in [7, 11) is -3.14. The van der Waals surface area contributed by atoms with Crippen molar-refractivity contribution in [1.29, 1.82) is 0 Å². The Bertz CT molecular complexity index is 1100. The Morgan fingerprint density at radius 2 is 1.90 bits per heavy atom. The van der Waals surface area contributed by atoms with E-state index in [2.05, 4.69) is 43.0 Å². The van der Waals surface area contributed by atoms with Crippen LogP contribution >= 0.6 is 0 Å². The molecule has 8 heteroatoms. The quantitative estimate of drug-likeness (QED) is 0.679. The van der Waals surface area contributed by atoms with Crippen molar-refractivity contribution in [3.63, 3.8) is 0 Å². The van der Waals surface area contributed by atoms with E-state index in [1.165, 1.54) is 34.0 Å². The zero-order valence-corrected chi connectivity index (χ0v) is 19.2. The van der Waals surface area contributed by atoms with E-state index in [9.17, 15) is 13.2 Å². The molecule has 2 aliphatic heterocycles. The molecule has 0 aliphatic carbocycles. The normalized spacial score (nSPS) is 20.0. The van der Waals surface area contributed by atoms with Crippen molar-refractivity contribution in [1.82, 2.24) is 9.21 Å². The van der Waals surface area contributed by atoms with Gasteiger partial charge in [0.1, 0.15) is 12.0 Å². The molecule has 0 atom stereocenters. The van der Waals surface area contributed by atoms with Crippen molar-refractivity contribution in [2.24, 2.45) is 5.92 Å². The summed E-state index contributed by atoms with van der Waals surface area (Å²) in [5.41, 5.74) is 2.28. The number of benzene rings is 1. The van der Waals surface area contributed by atoms with Crippen LogP contribution < -0.4 is 10.2 Å². The summed E-state index contributed by atoms with van der Waals surface area (Å²) in [6, 6.07) is 9.92. The Morgan fingerprint density at radius 1 is 1.19 bits per heavy atom. The van der Waals surface area contributed by atoms with E-state index < -0.39 is 10.0 Å². The fourth-order valence-corrected chi connectivity index (χ4v) is 5.39. The molecule has 1 fully saturated rings. The van der Waals surface area contributed by atoms with Gasteiger partial charge in [0.15, 0.2) is 0 Å². The number of nitrogens with zero attached hydrogens (tertiary/aromatic N) is 2. The average molecular weight is 447 g/mol. The topological polar surface area (TPSA) is 80.1 Å². The van der Waals surface area contributed by atoms with Gasteiger partial charge in [-0.1, -0.05) is 24.3 Å². The second-order valence-electron chi connectivity index (χ2n) is 9.06. The Kier molecular flexibility index (Phi) is 5.98. The van der Waals surface area contributed by atoms with E-state index in [-0.39, 0.29) is 22.6 Å². The van der Waals surface area contributed by atoms with E-state index in [0.29, 0.717) is 32.0 Å². The number of fused-ring (bicyclic) bond motifs is 1. The lowest BCUT2D eigenvalue weighted by atomic mass is 9.94. The molecule has 0 spiro atoms. The number of sulfonamides is 1. The molecular weight excluding hydrogens is 416 g/mol. The van der Waals surface area contributed by atoms with Crippen LogP contribution in [0.2, 0.25) is 0 Å². The maximum atomic E-state index is 12.6. The van der Waals surface area contributed by atoms with Gasteiger partial charge in [-0.05, 0) is 43.7 Å². The summed E-state index contributed by atoms with van der Waals surface area (Å²) < 4.78 is 36.2. The van der Waals surface area contributed by atoms with Crippen molar-refractivity contribution in [3.05, 3.63) is 63.7 Å². The zero-order valence-electron chi connectivity index (χ0n) is 18.3. The molecule has 0 unspecified atom stereocenters. The Balaban J connectivity index is 1.35. The number of piperidine rings is 1. The molecule has 7 nitrogen and oxygen atoms in total. The van der Waals surface area contributed by atoms with Gasteiger partial charge in [-0.25, -0.2) is 12.7 Å². The predicted molar refractivity (Wildman–Crippen MR) is 118 cm³/mol. The van der Waals surface area contributed by atoms with Crippen LogP contribution in [0.15, 0.2) is 45.8 Å². The smallest absolute Gasteiger partial charge is 0.227 e. The summed E-state index contributed by atoms with van der Waals surface area (Å²) in [6.45, 7) is 7.10. The number of hydrogen-bond acceptors (Lipinski definition) is 6. The minimum Gasteiger partial charge on any atom is -0.486 e. The van der Waals surface area contributed by atoms with Gasteiger partial charge in [0.05, 0.1) is 19.4 Å². The van der Waals surface area contributed by atoms with Gasteiger partial charge in [0.2, 0.25) is 21.2 Å². The van der Waals surface area contributed by atoms with Crippen LogP contribution in [0.1, 0.15) is 43.6 Å². The van der Waals surface area contributed by atoms with Crippen LogP contribution in [0.3, 0.4) is 0 Å². The van der Waals surface area contributed by atoms with Crippen molar-refractivity contribution in [2.75, 3.05) is 26.0 Å².